The third-order valence-corrected chi connectivity index (χ3v) is 5.33. The van der Waals surface area contributed by atoms with Gasteiger partial charge in [0, 0.05) is 10.6 Å². The van der Waals surface area contributed by atoms with Gasteiger partial charge in [-0.2, -0.15) is 0 Å². The molecule has 1 atom stereocenters. The minimum Gasteiger partial charge on any atom is -0.453 e. The second-order valence-corrected chi connectivity index (χ2v) is 7.69. The van der Waals surface area contributed by atoms with Crippen molar-refractivity contribution in [3.63, 3.8) is 0 Å². The van der Waals surface area contributed by atoms with Crippen LogP contribution in [-0.2, 0) is 19.1 Å². The normalized spacial score (nSPS) is 11.5. The SMILES string of the molecule is CC(OC(=O)CCSc1ccccc1Cl)C(=O)NCC(=O)Nc1ccc(F)c(F)c1F. The van der Waals surface area contributed by atoms with Crippen molar-refractivity contribution in [2.75, 3.05) is 17.6 Å². The number of thioether (sulfide) groups is 1. The molecule has 2 aromatic carbocycles. The summed E-state index contributed by atoms with van der Waals surface area (Å²) in [5.74, 6) is -6.55. The van der Waals surface area contributed by atoms with Gasteiger partial charge in [0.25, 0.3) is 5.91 Å². The molecule has 0 aliphatic rings. The first kappa shape index (κ1) is 24.5. The van der Waals surface area contributed by atoms with Crippen LogP contribution in [0, 0.1) is 17.5 Å². The average Bonchev–Trinajstić information content (AvgIpc) is 2.73. The Morgan fingerprint density at radius 2 is 1.81 bits per heavy atom. The van der Waals surface area contributed by atoms with Gasteiger partial charge >= 0.3 is 5.97 Å². The molecule has 0 bridgehead atoms. The van der Waals surface area contributed by atoms with Crippen LogP contribution in [0.2, 0.25) is 5.02 Å². The summed E-state index contributed by atoms with van der Waals surface area (Å²) in [4.78, 5) is 36.4. The third-order valence-electron chi connectivity index (χ3n) is 3.81. The van der Waals surface area contributed by atoms with E-state index in [-0.39, 0.29) is 6.42 Å². The maximum Gasteiger partial charge on any atom is 0.307 e. The summed E-state index contributed by atoms with van der Waals surface area (Å²) in [7, 11) is 0. The summed E-state index contributed by atoms with van der Waals surface area (Å²) in [5.41, 5.74) is -0.575. The molecule has 0 aliphatic heterocycles. The Bertz CT molecular complexity index is 977. The maximum absolute atomic E-state index is 13.5. The fraction of sp³-hybridized carbons (Fsp3) is 0.250. The predicted molar refractivity (Wildman–Crippen MR) is 110 cm³/mol. The molecule has 11 heteroatoms. The Balaban J connectivity index is 1.72. The molecule has 0 spiro atoms. The predicted octanol–water partition coefficient (Wildman–Crippen LogP) is 3.93. The average molecular weight is 475 g/mol. The van der Waals surface area contributed by atoms with Crippen molar-refractivity contribution >= 4 is 46.8 Å². The minimum atomic E-state index is -1.73. The molecule has 2 amide bonds. The van der Waals surface area contributed by atoms with Crippen molar-refractivity contribution in [2.24, 2.45) is 0 Å². The number of esters is 1. The van der Waals surface area contributed by atoms with Gasteiger partial charge in [0.05, 0.1) is 23.7 Å². The number of carbonyl (C=O) groups is 3. The number of hydrogen-bond donors (Lipinski definition) is 2. The van der Waals surface area contributed by atoms with Crippen molar-refractivity contribution in [3.05, 3.63) is 58.9 Å². The van der Waals surface area contributed by atoms with E-state index in [0.717, 1.165) is 11.0 Å². The Hall–Kier alpha value is -2.72. The number of benzene rings is 2. The van der Waals surface area contributed by atoms with Crippen LogP contribution in [0.1, 0.15) is 13.3 Å². The molecule has 1 unspecified atom stereocenters. The van der Waals surface area contributed by atoms with Crippen molar-refractivity contribution in [1.29, 1.82) is 0 Å². The Morgan fingerprint density at radius 1 is 1.10 bits per heavy atom. The second-order valence-electron chi connectivity index (χ2n) is 6.15. The molecule has 0 aliphatic carbocycles. The minimum absolute atomic E-state index is 0.0312. The first-order valence-electron chi connectivity index (χ1n) is 8.97. The van der Waals surface area contributed by atoms with Crippen LogP contribution in [0.5, 0.6) is 0 Å². The smallest absolute Gasteiger partial charge is 0.307 e. The lowest BCUT2D eigenvalue weighted by molar-refractivity contribution is -0.154. The highest BCUT2D eigenvalue weighted by Gasteiger charge is 2.19. The monoisotopic (exact) mass is 474 g/mol. The van der Waals surface area contributed by atoms with Gasteiger partial charge in [-0.25, -0.2) is 13.2 Å². The highest BCUT2D eigenvalue weighted by molar-refractivity contribution is 7.99. The molecule has 31 heavy (non-hydrogen) atoms. The number of rotatable bonds is 9. The van der Waals surface area contributed by atoms with E-state index in [1.54, 1.807) is 12.1 Å². The van der Waals surface area contributed by atoms with E-state index < -0.39 is 53.6 Å². The molecule has 0 saturated heterocycles. The quantitative estimate of drug-likeness (QED) is 0.327. The largest absolute Gasteiger partial charge is 0.453 e. The summed E-state index contributed by atoms with van der Waals surface area (Å²) < 4.78 is 44.6. The van der Waals surface area contributed by atoms with Gasteiger partial charge in [0.15, 0.2) is 23.6 Å². The maximum atomic E-state index is 13.5. The lowest BCUT2D eigenvalue weighted by Crippen LogP contribution is -2.40. The van der Waals surface area contributed by atoms with Gasteiger partial charge in [0.1, 0.15) is 0 Å². The second kappa shape index (κ2) is 11.6. The van der Waals surface area contributed by atoms with Crippen LogP contribution in [-0.4, -0.2) is 36.2 Å². The van der Waals surface area contributed by atoms with Crippen molar-refractivity contribution in [3.8, 4) is 0 Å². The molecular formula is C20H18ClF3N2O4S. The number of halogens is 4. The van der Waals surface area contributed by atoms with Crippen LogP contribution >= 0.6 is 23.4 Å². The zero-order valence-electron chi connectivity index (χ0n) is 16.2. The van der Waals surface area contributed by atoms with E-state index in [2.05, 4.69) is 5.32 Å². The van der Waals surface area contributed by atoms with E-state index >= 15 is 0 Å². The van der Waals surface area contributed by atoms with Crippen molar-refractivity contribution in [1.82, 2.24) is 5.32 Å². The molecule has 6 nitrogen and oxygen atoms in total. The molecule has 2 rings (SSSR count). The van der Waals surface area contributed by atoms with E-state index in [1.807, 2.05) is 17.4 Å². The summed E-state index contributed by atoms with van der Waals surface area (Å²) in [6, 6.07) is 8.64. The zero-order chi connectivity index (χ0) is 23.0. The number of ether oxygens (including phenoxy) is 1. The number of hydrogen-bond acceptors (Lipinski definition) is 5. The summed E-state index contributed by atoms with van der Waals surface area (Å²) in [6.45, 7) is 0.725. The summed E-state index contributed by atoms with van der Waals surface area (Å²) in [6.07, 6.45) is -1.14. The Labute approximate surface area is 185 Å². The van der Waals surface area contributed by atoms with Gasteiger partial charge < -0.3 is 15.4 Å². The first-order chi connectivity index (χ1) is 14.7. The molecule has 0 heterocycles. The van der Waals surface area contributed by atoms with Gasteiger partial charge in [-0.15, -0.1) is 11.8 Å². The lowest BCUT2D eigenvalue weighted by atomic mass is 10.2. The van der Waals surface area contributed by atoms with Gasteiger partial charge in [-0.05, 0) is 31.2 Å². The van der Waals surface area contributed by atoms with Gasteiger partial charge in [-0.3, -0.25) is 14.4 Å². The van der Waals surface area contributed by atoms with Crippen LogP contribution in [0.4, 0.5) is 18.9 Å². The topological polar surface area (TPSA) is 84.5 Å². The molecule has 0 fully saturated rings. The molecule has 0 radical (unpaired) electrons. The molecule has 0 saturated carbocycles. The molecule has 0 aromatic heterocycles. The zero-order valence-corrected chi connectivity index (χ0v) is 17.8. The fourth-order valence-corrected chi connectivity index (χ4v) is 3.41. The highest BCUT2D eigenvalue weighted by atomic mass is 35.5. The van der Waals surface area contributed by atoms with Crippen LogP contribution < -0.4 is 10.6 Å². The standard InChI is InChI=1S/C20H18ClF3N2O4S/c1-11(30-17(28)8-9-31-15-5-3-2-4-12(15)21)20(29)25-10-16(27)26-14-7-6-13(22)18(23)19(14)24/h2-7,11H,8-10H2,1H3,(H,25,29)(H,26,27). The number of amides is 2. The number of carbonyl (C=O) groups excluding carboxylic acids is 3. The molecule has 2 aromatic rings. The summed E-state index contributed by atoms with van der Waals surface area (Å²) >= 11 is 7.38. The molecule has 2 N–H and O–H groups in total. The molecular weight excluding hydrogens is 457 g/mol. The number of anilines is 1. The fourth-order valence-electron chi connectivity index (χ4n) is 2.24. The van der Waals surface area contributed by atoms with Crippen molar-refractivity contribution in [2.45, 2.75) is 24.3 Å². The first-order valence-corrected chi connectivity index (χ1v) is 10.3. The van der Waals surface area contributed by atoms with Gasteiger partial charge in [-0.1, -0.05) is 23.7 Å². The van der Waals surface area contributed by atoms with Crippen LogP contribution in [0.25, 0.3) is 0 Å². The van der Waals surface area contributed by atoms with Crippen LogP contribution in [0.3, 0.4) is 0 Å². The number of nitrogens with one attached hydrogen (secondary N) is 2. The van der Waals surface area contributed by atoms with E-state index in [1.165, 1.54) is 18.7 Å². The Morgan fingerprint density at radius 3 is 2.52 bits per heavy atom. The van der Waals surface area contributed by atoms with E-state index in [4.69, 9.17) is 16.3 Å². The van der Waals surface area contributed by atoms with Crippen LogP contribution in [0.15, 0.2) is 41.3 Å². The van der Waals surface area contributed by atoms with E-state index in [0.29, 0.717) is 16.8 Å². The highest BCUT2D eigenvalue weighted by Crippen LogP contribution is 2.27. The Kier molecular flexibility index (Phi) is 9.20. The molecule has 166 valence electrons. The third kappa shape index (κ3) is 7.48. The van der Waals surface area contributed by atoms with E-state index in [9.17, 15) is 27.6 Å². The summed E-state index contributed by atoms with van der Waals surface area (Å²) in [5, 5.41) is 4.77. The lowest BCUT2D eigenvalue weighted by Gasteiger charge is -2.14. The van der Waals surface area contributed by atoms with Gasteiger partial charge in [0.2, 0.25) is 5.91 Å². The van der Waals surface area contributed by atoms with Crippen molar-refractivity contribution < 1.29 is 32.3 Å².